The highest BCUT2D eigenvalue weighted by Crippen LogP contribution is 2.40. The van der Waals surface area contributed by atoms with E-state index in [-0.39, 0.29) is 24.3 Å². The number of carbonyl (C=O) groups excluding carboxylic acids is 2. The van der Waals surface area contributed by atoms with Gasteiger partial charge in [0.25, 0.3) is 5.91 Å². The summed E-state index contributed by atoms with van der Waals surface area (Å²) >= 11 is 6.22. The number of hydrogen-bond donors (Lipinski definition) is 1. The molecule has 1 saturated heterocycles. The lowest BCUT2D eigenvalue weighted by atomic mass is 9.85. The van der Waals surface area contributed by atoms with Crippen molar-refractivity contribution in [2.24, 2.45) is 5.92 Å². The topological polar surface area (TPSA) is 49.4 Å². The number of likely N-dealkylation sites (tertiary alicyclic amines) is 1. The monoisotopic (exact) mass is 424 g/mol. The second-order valence-electron chi connectivity index (χ2n) is 8.62. The number of nitrogens with one attached hydrogen (secondary N) is 1. The highest BCUT2D eigenvalue weighted by atomic mass is 35.5. The zero-order valence-corrected chi connectivity index (χ0v) is 18.1. The third-order valence-electron chi connectivity index (χ3n) is 6.64. The van der Waals surface area contributed by atoms with Crippen LogP contribution in [0.2, 0.25) is 5.02 Å². The molecule has 2 aliphatic rings. The Hall–Kier alpha value is -2.33. The van der Waals surface area contributed by atoms with Crippen molar-refractivity contribution in [3.8, 4) is 0 Å². The molecule has 4 unspecified atom stereocenters. The number of fused-ring (bicyclic) bond motifs is 1. The molecule has 2 aromatic carbocycles. The average molecular weight is 425 g/mol. The predicted octanol–water partition coefficient (Wildman–Crippen LogP) is 5.38. The molecule has 0 aromatic heterocycles. The second kappa shape index (κ2) is 9.22. The molecule has 4 rings (SSSR count). The number of amides is 2. The summed E-state index contributed by atoms with van der Waals surface area (Å²) in [5.74, 6) is 0.503. The first kappa shape index (κ1) is 20.9. The second-order valence-corrected chi connectivity index (χ2v) is 9.03. The van der Waals surface area contributed by atoms with Crippen LogP contribution >= 0.6 is 11.6 Å². The zero-order chi connectivity index (χ0) is 21.1. The molecule has 1 heterocycles. The minimum atomic E-state index is -0.391. The van der Waals surface area contributed by atoms with E-state index >= 15 is 0 Å². The highest BCUT2D eigenvalue weighted by molar-refractivity contribution is 6.33. The van der Waals surface area contributed by atoms with Crippen LogP contribution < -0.4 is 5.32 Å². The van der Waals surface area contributed by atoms with E-state index in [4.69, 9.17) is 11.6 Å². The lowest BCUT2D eigenvalue weighted by molar-refractivity contribution is -0.135. The first-order chi connectivity index (χ1) is 14.5. The van der Waals surface area contributed by atoms with Gasteiger partial charge in [0.2, 0.25) is 5.91 Å². The number of halogens is 1. The van der Waals surface area contributed by atoms with E-state index in [1.165, 1.54) is 19.3 Å². The summed E-state index contributed by atoms with van der Waals surface area (Å²) in [6, 6.07) is 17.0. The van der Waals surface area contributed by atoms with E-state index in [1.807, 2.05) is 30.3 Å². The maximum absolute atomic E-state index is 13.4. The van der Waals surface area contributed by atoms with Crippen molar-refractivity contribution < 1.29 is 9.59 Å². The molecule has 5 heteroatoms. The third-order valence-corrected chi connectivity index (χ3v) is 6.97. The van der Waals surface area contributed by atoms with Gasteiger partial charge in [0, 0.05) is 12.1 Å². The molecule has 1 aliphatic heterocycles. The van der Waals surface area contributed by atoms with Crippen LogP contribution in [-0.2, 0) is 4.79 Å². The number of rotatable bonds is 5. The van der Waals surface area contributed by atoms with Gasteiger partial charge in [-0.25, -0.2) is 0 Å². The van der Waals surface area contributed by atoms with Gasteiger partial charge in [-0.05, 0) is 49.8 Å². The van der Waals surface area contributed by atoms with Gasteiger partial charge >= 0.3 is 0 Å². The van der Waals surface area contributed by atoms with Gasteiger partial charge < -0.3 is 10.2 Å². The molecule has 0 radical (unpaired) electrons. The Kier molecular flexibility index (Phi) is 6.43. The summed E-state index contributed by atoms with van der Waals surface area (Å²) in [5, 5.41) is 3.47. The average Bonchev–Trinajstić information content (AvgIpc) is 3.10. The van der Waals surface area contributed by atoms with E-state index in [1.54, 1.807) is 24.3 Å². The molecule has 1 aliphatic carbocycles. The normalized spacial score (nSPS) is 24.2. The van der Waals surface area contributed by atoms with Gasteiger partial charge in [-0.1, -0.05) is 66.9 Å². The number of carbonyl (C=O) groups is 2. The van der Waals surface area contributed by atoms with E-state index in [0.29, 0.717) is 22.5 Å². The highest BCUT2D eigenvalue weighted by Gasteiger charge is 2.42. The van der Waals surface area contributed by atoms with Gasteiger partial charge in [0.15, 0.2) is 0 Å². The van der Waals surface area contributed by atoms with Crippen LogP contribution in [0.4, 0.5) is 0 Å². The fraction of sp³-hybridized carbons (Fsp3) is 0.440. The predicted molar refractivity (Wildman–Crippen MR) is 119 cm³/mol. The molecule has 0 bridgehead atoms. The zero-order valence-electron chi connectivity index (χ0n) is 17.4. The van der Waals surface area contributed by atoms with E-state index in [9.17, 15) is 9.59 Å². The molecule has 158 valence electrons. The number of hydrogen-bond acceptors (Lipinski definition) is 2. The van der Waals surface area contributed by atoms with Gasteiger partial charge in [0.05, 0.1) is 23.0 Å². The van der Waals surface area contributed by atoms with Crippen molar-refractivity contribution >= 4 is 23.4 Å². The summed E-state index contributed by atoms with van der Waals surface area (Å²) < 4.78 is 0. The molecule has 2 aromatic rings. The van der Waals surface area contributed by atoms with Crippen molar-refractivity contribution in [3.05, 3.63) is 70.7 Å². The SMILES string of the molecule is CC1CC2CCCCC2N1C(=O)CC(NC(=O)c1ccccc1Cl)c1ccccc1. The van der Waals surface area contributed by atoms with Crippen molar-refractivity contribution in [1.82, 2.24) is 10.2 Å². The van der Waals surface area contributed by atoms with Crippen molar-refractivity contribution in [2.45, 2.75) is 63.6 Å². The molecular formula is C25H29ClN2O2. The van der Waals surface area contributed by atoms with E-state index < -0.39 is 6.04 Å². The molecule has 0 spiro atoms. The lowest BCUT2D eigenvalue weighted by Crippen LogP contribution is -2.44. The number of benzene rings is 2. The van der Waals surface area contributed by atoms with Crippen LogP contribution in [-0.4, -0.2) is 28.8 Å². The Labute approximate surface area is 183 Å². The van der Waals surface area contributed by atoms with Crippen LogP contribution in [0.3, 0.4) is 0 Å². The molecule has 1 saturated carbocycles. The third kappa shape index (κ3) is 4.39. The van der Waals surface area contributed by atoms with E-state index in [2.05, 4.69) is 17.1 Å². The fourth-order valence-corrected chi connectivity index (χ4v) is 5.46. The van der Waals surface area contributed by atoms with Crippen molar-refractivity contribution in [1.29, 1.82) is 0 Å². The molecule has 4 atom stereocenters. The van der Waals surface area contributed by atoms with Gasteiger partial charge in [-0.3, -0.25) is 9.59 Å². The van der Waals surface area contributed by atoms with Crippen molar-refractivity contribution in [2.75, 3.05) is 0 Å². The Morgan fingerprint density at radius 3 is 2.53 bits per heavy atom. The van der Waals surface area contributed by atoms with Gasteiger partial charge in [0.1, 0.15) is 0 Å². The molecule has 30 heavy (non-hydrogen) atoms. The Morgan fingerprint density at radius 2 is 1.77 bits per heavy atom. The Bertz CT molecular complexity index is 901. The summed E-state index contributed by atoms with van der Waals surface area (Å²) in [4.78, 5) is 28.5. The fourth-order valence-electron chi connectivity index (χ4n) is 5.24. The summed E-state index contributed by atoms with van der Waals surface area (Å²) in [7, 11) is 0. The molecule has 2 amide bonds. The minimum Gasteiger partial charge on any atom is -0.345 e. The molecule has 1 N–H and O–H groups in total. The van der Waals surface area contributed by atoms with Gasteiger partial charge in [-0.2, -0.15) is 0 Å². The maximum Gasteiger partial charge on any atom is 0.253 e. The largest absolute Gasteiger partial charge is 0.345 e. The Morgan fingerprint density at radius 1 is 1.07 bits per heavy atom. The minimum absolute atomic E-state index is 0.130. The van der Waals surface area contributed by atoms with E-state index in [0.717, 1.165) is 18.4 Å². The molecule has 2 fully saturated rings. The lowest BCUT2D eigenvalue weighted by Gasteiger charge is -2.34. The van der Waals surface area contributed by atoms with Crippen LogP contribution in [0.15, 0.2) is 54.6 Å². The van der Waals surface area contributed by atoms with Crippen LogP contribution in [0.25, 0.3) is 0 Å². The number of nitrogens with zero attached hydrogens (tertiary/aromatic N) is 1. The van der Waals surface area contributed by atoms with Crippen LogP contribution in [0.5, 0.6) is 0 Å². The first-order valence-corrected chi connectivity index (χ1v) is 11.3. The summed E-state index contributed by atoms with van der Waals surface area (Å²) in [6.45, 7) is 2.16. The quantitative estimate of drug-likeness (QED) is 0.700. The standard InChI is InChI=1S/C25H29ClN2O2/c1-17-15-19-11-5-8-14-23(19)28(17)24(29)16-22(18-9-3-2-4-10-18)27-25(30)20-12-6-7-13-21(20)26/h2-4,6-7,9-10,12-13,17,19,22-23H,5,8,11,14-16H2,1H3,(H,27,30). The summed E-state index contributed by atoms with van der Waals surface area (Å²) in [6.07, 6.45) is 6.15. The smallest absolute Gasteiger partial charge is 0.253 e. The maximum atomic E-state index is 13.4. The first-order valence-electron chi connectivity index (χ1n) is 11.0. The molecule has 4 nitrogen and oxygen atoms in total. The van der Waals surface area contributed by atoms with Crippen LogP contribution in [0.1, 0.15) is 67.4 Å². The molecular weight excluding hydrogens is 396 g/mol. The Balaban J connectivity index is 1.54. The van der Waals surface area contributed by atoms with Gasteiger partial charge in [-0.15, -0.1) is 0 Å². The van der Waals surface area contributed by atoms with Crippen LogP contribution in [0, 0.1) is 5.92 Å². The summed E-state index contributed by atoms with van der Waals surface area (Å²) in [5.41, 5.74) is 1.35. The van der Waals surface area contributed by atoms with Crippen molar-refractivity contribution in [3.63, 3.8) is 0 Å².